The minimum Gasteiger partial charge on any atom is -0.385 e. The van der Waals surface area contributed by atoms with Gasteiger partial charge in [0, 0.05) is 0 Å². The van der Waals surface area contributed by atoms with E-state index in [1.54, 1.807) is 19.1 Å². The summed E-state index contributed by atoms with van der Waals surface area (Å²) < 4.78 is 13.1. The van der Waals surface area contributed by atoms with Gasteiger partial charge >= 0.3 is 0 Å². The Hall–Kier alpha value is -0.890. The first-order valence-corrected chi connectivity index (χ1v) is 5.53. The standard InChI is InChI=1S/C13H17FO/c1-9-8-11(5-6-12(9)14)13(15)7-3-4-10(13)2/h5-6,8,10,15H,3-4,7H2,1-2H3. The predicted octanol–water partition coefficient (Wildman–Crippen LogP) is 3.14. The molecule has 0 heterocycles. The molecular formula is C13H17FO. The van der Waals surface area contributed by atoms with Crippen molar-refractivity contribution in [2.75, 3.05) is 0 Å². The molecule has 82 valence electrons. The van der Waals surface area contributed by atoms with E-state index in [0.717, 1.165) is 24.8 Å². The van der Waals surface area contributed by atoms with Crippen LogP contribution in [0.1, 0.15) is 37.3 Å². The zero-order valence-corrected chi connectivity index (χ0v) is 9.26. The maximum atomic E-state index is 13.1. The van der Waals surface area contributed by atoms with Crippen molar-refractivity contribution in [1.29, 1.82) is 0 Å². The van der Waals surface area contributed by atoms with E-state index < -0.39 is 5.60 Å². The Bertz CT molecular complexity index is 375. The van der Waals surface area contributed by atoms with Gasteiger partial charge in [-0.05, 0) is 49.3 Å². The monoisotopic (exact) mass is 208 g/mol. The Morgan fingerprint density at radius 1 is 1.47 bits per heavy atom. The van der Waals surface area contributed by atoms with Gasteiger partial charge in [0.2, 0.25) is 0 Å². The first-order chi connectivity index (χ1) is 7.04. The third-order valence-electron chi connectivity index (χ3n) is 3.67. The molecule has 0 radical (unpaired) electrons. The van der Waals surface area contributed by atoms with Gasteiger partial charge in [0.15, 0.2) is 0 Å². The van der Waals surface area contributed by atoms with E-state index in [2.05, 4.69) is 6.92 Å². The third kappa shape index (κ3) is 1.67. The highest BCUT2D eigenvalue weighted by atomic mass is 19.1. The summed E-state index contributed by atoms with van der Waals surface area (Å²) in [6, 6.07) is 4.94. The number of aryl methyl sites for hydroxylation is 1. The van der Waals surface area contributed by atoms with Crippen molar-refractivity contribution in [3.05, 3.63) is 35.1 Å². The van der Waals surface area contributed by atoms with Gasteiger partial charge < -0.3 is 5.11 Å². The van der Waals surface area contributed by atoms with E-state index in [4.69, 9.17) is 0 Å². The van der Waals surface area contributed by atoms with Crippen LogP contribution in [0.25, 0.3) is 0 Å². The van der Waals surface area contributed by atoms with Crippen LogP contribution in [0, 0.1) is 18.7 Å². The van der Waals surface area contributed by atoms with E-state index in [1.165, 1.54) is 6.07 Å². The van der Waals surface area contributed by atoms with E-state index in [0.29, 0.717) is 5.56 Å². The first kappa shape index (κ1) is 10.6. The lowest BCUT2D eigenvalue weighted by Crippen LogP contribution is -2.28. The second-order valence-corrected chi connectivity index (χ2v) is 4.68. The fourth-order valence-corrected chi connectivity index (χ4v) is 2.51. The van der Waals surface area contributed by atoms with Gasteiger partial charge in [-0.15, -0.1) is 0 Å². The van der Waals surface area contributed by atoms with Crippen LogP contribution in [0.15, 0.2) is 18.2 Å². The molecular weight excluding hydrogens is 191 g/mol. The van der Waals surface area contributed by atoms with Crippen LogP contribution in [0.5, 0.6) is 0 Å². The molecule has 2 rings (SSSR count). The first-order valence-electron chi connectivity index (χ1n) is 5.53. The van der Waals surface area contributed by atoms with Crippen molar-refractivity contribution in [2.24, 2.45) is 5.92 Å². The average Bonchev–Trinajstić information content (AvgIpc) is 2.53. The van der Waals surface area contributed by atoms with Crippen LogP contribution in [-0.2, 0) is 5.60 Å². The number of aliphatic hydroxyl groups is 1. The van der Waals surface area contributed by atoms with E-state index in [9.17, 15) is 9.50 Å². The van der Waals surface area contributed by atoms with Crippen molar-refractivity contribution in [2.45, 2.75) is 38.7 Å². The summed E-state index contributed by atoms with van der Waals surface area (Å²) in [5.74, 6) is 0.0651. The zero-order chi connectivity index (χ0) is 11.1. The summed E-state index contributed by atoms with van der Waals surface area (Å²) in [5.41, 5.74) is 0.741. The molecule has 2 atom stereocenters. The lowest BCUT2D eigenvalue weighted by molar-refractivity contribution is 0.00438. The smallest absolute Gasteiger partial charge is 0.126 e. The maximum absolute atomic E-state index is 13.1. The number of rotatable bonds is 1. The molecule has 0 amide bonds. The molecule has 1 fully saturated rings. The molecule has 0 saturated heterocycles. The summed E-state index contributed by atoms with van der Waals surface area (Å²) in [6.45, 7) is 3.80. The van der Waals surface area contributed by atoms with Crippen molar-refractivity contribution in [1.82, 2.24) is 0 Å². The average molecular weight is 208 g/mol. The largest absolute Gasteiger partial charge is 0.385 e. The molecule has 0 spiro atoms. The summed E-state index contributed by atoms with van der Waals surface area (Å²) >= 11 is 0. The highest BCUT2D eigenvalue weighted by Crippen LogP contribution is 2.43. The normalized spacial score (nSPS) is 30.8. The molecule has 1 aliphatic rings. The number of benzene rings is 1. The second-order valence-electron chi connectivity index (χ2n) is 4.68. The molecule has 1 nitrogen and oxygen atoms in total. The molecule has 15 heavy (non-hydrogen) atoms. The molecule has 2 heteroatoms. The molecule has 1 aromatic rings. The van der Waals surface area contributed by atoms with Crippen molar-refractivity contribution < 1.29 is 9.50 Å². The van der Waals surface area contributed by atoms with Crippen molar-refractivity contribution in [3.63, 3.8) is 0 Å². The number of halogens is 1. The predicted molar refractivity (Wildman–Crippen MR) is 58.0 cm³/mol. The summed E-state index contributed by atoms with van der Waals surface area (Å²) in [6.07, 6.45) is 2.89. The molecule has 2 unspecified atom stereocenters. The number of hydrogen-bond donors (Lipinski definition) is 1. The SMILES string of the molecule is Cc1cc(C2(O)CCCC2C)ccc1F. The molecule has 1 aromatic carbocycles. The van der Waals surface area contributed by atoms with Gasteiger partial charge in [0.1, 0.15) is 5.82 Å². The fourth-order valence-electron chi connectivity index (χ4n) is 2.51. The van der Waals surface area contributed by atoms with Crippen LogP contribution >= 0.6 is 0 Å². The van der Waals surface area contributed by atoms with E-state index in [-0.39, 0.29) is 11.7 Å². The minimum absolute atomic E-state index is 0.201. The van der Waals surface area contributed by atoms with Crippen LogP contribution in [0.4, 0.5) is 4.39 Å². The summed E-state index contributed by atoms with van der Waals surface area (Å²) in [4.78, 5) is 0. The quantitative estimate of drug-likeness (QED) is 0.751. The molecule has 1 N–H and O–H groups in total. The van der Waals surface area contributed by atoms with Crippen LogP contribution in [0.3, 0.4) is 0 Å². The lowest BCUT2D eigenvalue weighted by Gasteiger charge is -2.28. The molecule has 1 aliphatic carbocycles. The zero-order valence-electron chi connectivity index (χ0n) is 9.26. The third-order valence-corrected chi connectivity index (χ3v) is 3.67. The fraction of sp³-hybridized carbons (Fsp3) is 0.538. The highest BCUT2D eigenvalue weighted by Gasteiger charge is 2.39. The van der Waals surface area contributed by atoms with Gasteiger partial charge in [0.05, 0.1) is 5.60 Å². The Balaban J connectivity index is 2.40. The molecule has 0 aromatic heterocycles. The topological polar surface area (TPSA) is 20.2 Å². The Kier molecular flexibility index (Phi) is 2.55. The number of hydrogen-bond acceptors (Lipinski definition) is 1. The minimum atomic E-state index is -0.738. The summed E-state index contributed by atoms with van der Waals surface area (Å²) in [7, 11) is 0. The molecule has 0 bridgehead atoms. The van der Waals surface area contributed by atoms with Crippen molar-refractivity contribution in [3.8, 4) is 0 Å². The van der Waals surface area contributed by atoms with Gasteiger partial charge in [-0.25, -0.2) is 4.39 Å². The molecule has 1 saturated carbocycles. The van der Waals surface area contributed by atoms with Crippen molar-refractivity contribution >= 4 is 0 Å². The van der Waals surface area contributed by atoms with Gasteiger partial charge in [-0.2, -0.15) is 0 Å². The van der Waals surface area contributed by atoms with Gasteiger partial charge in [-0.1, -0.05) is 19.1 Å². The maximum Gasteiger partial charge on any atom is 0.126 e. The summed E-state index contributed by atoms with van der Waals surface area (Å²) in [5, 5.41) is 10.5. The van der Waals surface area contributed by atoms with Gasteiger partial charge in [0.25, 0.3) is 0 Å². The lowest BCUT2D eigenvalue weighted by atomic mass is 9.84. The molecule has 0 aliphatic heterocycles. The second kappa shape index (κ2) is 3.60. The van der Waals surface area contributed by atoms with Crippen LogP contribution in [-0.4, -0.2) is 5.11 Å². The Morgan fingerprint density at radius 2 is 2.20 bits per heavy atom. The van der Waals surface area contributed by atoms with Gasteiger partial charge in [-0.3, -0.25) is 0 Å². The van der Waals surface area contributed by atoms with Crippen LogP contribution in [0.2, 0.25) is 0 Å². The van der Waals surface area contributed by atoms with E-state index >= 15 is 0 Å². The Morgan fingerprint density at radius 3 is 2.73 bits per heavy atom. The van der Waals surface area contributed by atoms with E-state index in [1.807, 2.05) is 0 Å². The Labute approximate surface area is 89.9 Å². The highest BCUT2D eigenvalue weighted by molar-refractivity contribution is 5.30. The van der Waals surface area contributed by atoms with Crippen LogP contribution < -0.4 is 0 Å².